The first-order chi connectivity index (χ1) is 13.9. The van der Waals surface area contributed by atoms with E-state index in [-0.39, 0.29) is 11.3 Å². The number of benzene rings is 1. The highest BCUT2D eigenvalue weighted by Crippen LogP contribution is 2.60. The molecule has 4 aliphatic rings. The second kappa shape index (κ2) is 6.94. The topological polar surface area (TPSA) is 34.4 Å². The summed E-state index contributed by atoms with van der Waals surface area (Å²) in [6.45, 7) is 9.47. The molecule has 0 N–H and O–H groups in total. The predicted octanol–water partition coefficient (Wildman–Crippen LogP) is 5.81. The Labute approximate surface area is 177 Å². The van der Waals surface area contributed by atoms with E-state index < -0.39 is 0 Å². The first-order valence-corrected chi connectivity index (χ1v) is 12.1. The molecule has 1 aromatic carbocycles. The molecule has 2 aromatic rings. The Kier molecular flexibility index (Phi) is 4.62. The highest BCUT2D eigenvalue weighted by molar-refractivity contribution is 7.09. The molecule has 4 saturated carbocycles. The third-order valence-corrected chi connectivity index (χ3v) is 8.86. The normalized spacial score (nSPS) is 30.9. The molecule has 154 valence electrons. The van der Waals surface area contributed by atoms with Gasteiger partial charge in [0.05, 0.1) is 11.1 Å². The number of amides is 1. The summed E-state index contributed by atoms with van der Waals surface area (Å²) in [4.78, 5) is 20.5. The van der Waals surface area contributed by atoms with E-state index in [0.29, 0.717) is 0 Å². The molecular weight excluding hydrogens is 376 g/mol. The second-order valence-corrected chi connectivity index (χ2v) is 11.1. The highest BCUT2D eigenvalue weighted by Gasteiger charge is 2.54. The van der Waals surface area contributed by atoms with Gasteiger partial charge in [-0.2, -0.15) is 4.99 Å². The van der Waals surface area contributed by atoms with Crippen LogP contribution in [0.4, 0.5) is 0 Å². The van der Waals surface area contributed by atoms with E-state index in [1.54, 1.807) is 11.3 Å². The fourth-order valence-electron chi connectivity index (χ4n) is 6.73. The summed E-state index contributed by atoms with van der Waals surface area (Å²) in [7, 11) is 0. The Bertz CT molecular complexity index is 1010. The molecule has 4 fully saturated rings. The van der Waals surface area contributed by atoms with Gasteiger partial charge in [-0.25, -0.2) is 0 Å². The van der Waals surface area contributed by atoms with Crippen LogP contribution >= 0.6 is 11.3 Å². The van der Waals surface area contributed by atoms with E-state index in [0.717, 1.165) is 48.4 Å². The van der Waals surface area contributed by atoms with E-state index in [2.05, 4.69) is 50.5 Å². The Morgan fingerprint density at radius 1 is 1.07 bits per heavy atom. The minimum absolute atomic E-state index is 0.154. The number of aromatic nitrogens is 1. The Hall–Kier alpha value is -1.68. The van der Waals surface area contributed by atoms with Crippen LogP contribution in [0.3, 0.4) is 0 Å². The summed E-state index contributed by atoms with van der Waals surface area (Å²) in [6.07, 6.45) is 7.33. The molecule has 29 heavy (non-hydrogen) atoms. The lowest BCUT2D eigenvalue weighted by Gasteiger charge is -2.55. The Balaban J connectivity index is 1.55. The van der Waals surface area contributed by atoms with Gasteiger partial charge in [-0.1, -0.05) is 12.1 Å². The van der Waals surface area contributed by atoms with Crippen molar-refractivity contribution in [3.63, 3.8) is 0 Å². The van der Waals surface area contributed by atoms with E-state index in [1.165, 1.54) is 46.5 Å². The lowest BCUT2D eigenvalue weighted by atomic mass is 9.49. The average molecular weight is 409 g/mol. The summed E-state index contributed by atoms with van der Waals surface area (Å²) in [5, 5.41) is 0. The van der Waals surface area contributed by atoms with Crippen molar-refractivity contribution in [1.29, 1.82) is 0 Å². The molecule has 1 heterocycles. The van der Waals surface area contributed by atoms with E-state index in [4.69, 9.17) is 4.99 Å². The zero-order chi connectivity index (χ0) is 20.3. The number of rotatable bonds is 3. The first-order valence-electron chi connectivity index (χ1n) is 11.3. The van der Waals surface area contributed by atoms with Crippen molar-refractivity contribution in [3.05, 3.63) is 39.0 Å². The molecule has 4 bridgehead atoms. The van der Waals surface area contributed by atoms with Crippen LogP contribution in [0.1, 0.15) is 61.5 Å². The van der Waals surface area contributed by atoms with Crippen LogP contribution in [0, 0.1) is 43.9 Å². The molecule has 1 aromatic heterocycles. The van der Waals surface area contributed by atoms with Crippen molar-refractivity contribution < 1.29 is 4.79 Å². The van der Waals surface area contributed by atoms with Crippen LogP contribution in [0.5, 0.6) is 0 Å². The van der Waals surface area contributed by atoms with Crippen molar-refractivity contribution in [2.24, 2.45) is 28.2 Å². The third-order valence-electron chi connectivity index (χ3n) is 7.86. The number of carbonyl (C=O) groups is 1. The zero-order valence-corrected chi connectivity index (χ0v) is 18.9. The quantitative estimate of drug-likeness (QED) is 0.631. The van der Waals surface area contributed by atoms with E-state index >= 15 is 0 Å². The molecule has 4 heteroatoms. The maximum Gasteiger partial charge on any atom is 0.254 e. The van der Waals surface area contributed by atoms with E-state index in [1.807, 2.05) is 0 Å². The molecule has 3 nitrogen and oxygen atoms in total. The molecule has 0 saturated heterocycles. The number of nitrogens with zero attached hydrogens (tertiary/aromatic N) is 2. The van der Waals surface area contributed by atoms with Crippen LogP contribution in [-0.2, 0) is 11.3 Å². The first kappa shape index (κ1) is 19.3. The standard InChI is InChI=1S/C25H32N2OS/c1-5-27-22(21-7-6-15(2)16(3)8-21)17(4)29-24(27)26-23(28)25-12-18-9-19(13-25)11-20(10-18)14-25/h6-8,18-20H,5,9-14H2,1-4H3. The van der Waals surface area contributed by atoms with Crippen LogP contribution in [-0.4, -0.2) is 10.5 Å². The monoisotopic (exact) mass is 408 g/mol. The fourth-order valence-corrected chi connectivity index (χ4v) is 7.79. The summed E-state index contributed by atoms with van der Waals surface area (Å²) >= 11 is 1.68. The predicted molar refractivity (Wildman–Crippen MR) is 119 cm³/mol. The SMILES string of the molecule is CCn1c(-c2ccc(C)c(C)c2)c(C)sc1=NC(=O)C12CC3CC(CC(C3)C1)C2. The summed E-state index contributed by atoms with van der Waals surface area (Å²) in [5.41, 5.74) is 4.91. The Morgan fingerprint density at radius 3 is 2.24 bits per heavy atom. The van der Waals surface area contributed by atoms with Gasteiger partial charge in [0.2, 0.25) is 0 Å². The smallest absolute Gasteiger partial charge is 0.254 e. The third kappa shape index (κ3) is 3.15. The van der Waals surface area contributed by atoms with Crippen LogP contribution < -0.4 is 4.80 Å². The highest BCUT2D eigenvalue weighted by atomic mass is 32.1. The fraction of sp³-hybridized carbons (Fsp3) is 0.600. The number of aryl methyl sites for hydroxylation is 3. The summed E-state index contributed by atoms with van der Waals surface area (Å²) < 4.78 is 2.25. The van der Waals surface area contributed by atoms with Crippen molar-refractivity contribution >= 4 is 17.2 Å². The van der Waals surface area contributed by atoms with Crippen LogP contribution in [0.2, 0.25) is 0 Å². The largest absolute Gasteiger partial charge is 0.316 e. The van der Waals surface area contributed by atoms with E-state index in [9.17, 15) is 4.79 Å². The van der Waals surface area contributed by atoms with Gasteiger partial charge in [0, 0.05) is 11.4 Å². The molecule has 4 aliphatic carbocycles. The molecule has 6 rings (SSSR count). The van der Waals surface area contributed by atoms with Gasteiger partial charge in [-0.05, 0) is 107 Å². The molecule has 0 atom stereocenters. The van der Waals surface area contributed by atoms with Crippen LogP contribution in [0.25, 0.3) is 11.3 Å². The van der Waals surface area contributed by atoms with Crippen molar-refractivity contribution in [2.75, 3.05) is 0 Å². The van der Waals surface area contributed by atoms with Crippen molar-refractivity contribution in [2.45, 2.75) is 72.8 Å². The van der Waals surface area contributed by atoms with Gasteiger partial charge in [-0.15, -0.1) is 11.3 Å². The molecule has 1 amide bonds. The summed E-state index contributed by atoms with van der Waals surface area (Å²) in [5.74, 6) is 2.49. The van der Waals surface area contributed by atoms with Crippen molar-refractivity contribution in [1.82, 2.24) is 4.57 Å². The van der Waals surface area contributed by atoms with Gasteiger partial charge in [0.25, 0.3) is 5.91 Å². The molecule has 0 radical (unpaired) electrons. The Morgan fingerprint density at radius 2 is 1.69 bits per heavy atom. The lowest BCUT2D eigenvalue weighted by molar-refractivity contribution is -0.142. The second-order valence-electron chi connectivity index (χ2n) is 9.95. The number of hydrogen-bond acceptors (Lipinski definition) is 2. The molecular formula is C25H32N2OS. The van der Waals surface area contributed by atoms with Crippen molar-refractivity contribution in [3.8, 4) is 11.3 Å². The maximum atomic E-state index is 13.5. The van der Waals surface area contributed by atoms with Gasteiger partial charge in [0.1, 0.15) is 0 Å². The van der Waals surface area contributed by atoms with Gasteiger partial charge in [-0.3, -0.25) is 4.79 Å². The minimum atomic E-state index is -0.154. The average Bonchev–Trinajstić information content (AvgIpc) is 2.97. The maximum absolute atomic E-state index is 13.5. The molecule has 0 aliphatic heterocycles. The minimum Gasteiger partial charge on any atom is -0.316 e. The number of hydrogen-bond donors (Lipinski definition) is 0. The zero-order valence-electron chi connectivity index (χ0n) is 18.1. The van der Waals surface area contributed by atoms with Gasteiger partial charge < -0.3 is 4.57 Å². The number of carbonyl (C=O) groups excluding carboxylic acids is 1. The summed E-state index contributed by atoms with van der Waals surface area (Å²) in [6, 6.07) is 6.66. The van der Waals surface area contributed by atoms with Gasteiger partial charge in [0.15, 0.2) is 4.80 Å². The van der Waals surface area contributed by atoms with Crippen LogP contribution in [0.15, 0.2) is 23.2 Å². The number of thiazole rings is 1. The molecule has 0 spiro atoms. The molecule has 0 unspecified atom stereocenters. The van der Waals surface area contributed by atoms with Gasteiger partial charge >= 0.3 is 0 Å². The lowest BCUT2D eigenvalue weighted by Crippen LogP contribution is -2.49.